The average Bonchev–Trinajstić information content (AvgIpc) is 2.77. The Balaban J connectivity index is 1.56. The van der Waals surface area contributed by atoms with Gasteiger partial charge >= 0.3 is 0 Å². The van der Waals surface area contributed by atoms with Crippen LogP contribution < -0.4 is 16.0 Å². The molecule has 1 aliphatic rings. The van der Waals surface area contributed by atoms with Crippen LogP contribution in [-0.4, -0.2) is 17.1 Å². The van der Waals surface area contributed by atoms with Gasteiger partial charge in [-0.15, -0.1) is 0 Å². The Bertz CT molecular complexity index is 1160. The lowest BCUT2D eigenvalue weighted by molar-refractivity contribution is 0.103. The summed E-state index contributed by atoms with van der Waals surface area (Å²) >= 11 is 6.38. The van der Waals surface area contributed by atoms with Crippen LogP contribution in [0.25, 0.3) is 10.8 Å². The lowest BCUT2D eigenvalue weighted by Gasteiger charge is -2.44. The van der Waals surface area contributed by atoms with Gasteiger partial charge in [0.2, 0.25) is 0 Å². The van der Waals surface area contributed by atoms with Crippen LogP contribution in [0.5, 0.6) is 5.75 Å². The zero-order chi connectivity index (χ0) is 22.2. The molecule has 2 aromatic carbocycles. The molecule has 1 aliphatic carbocycles. The zero-order valence-corrected chi connectivity index (χ0v) is 18.0. The van der Waals surface area contributed by atoms with Gasteiger partial charge in [0.1, 0.15) is 5.75 Å². The smallest absolute Gasteiger partial charge is 0.255 e. The molecule has 1 atom stereocenters. The minimum atomic E-state index is -0.856. The van der Waals surface area contributed by atoms with Gasteiger partial charge in [-0.05, 0) is 73.4 Å². The van der Waals surface area contributed by atoms with E-state index in [0.717, 1.165) is 17.4 Å². The third kappa shape index (κ3) is 4.06. The van der Waals surface area contributed by atoms with Crippen molar-refractivity contribution < 1.29 is 13.5 Å². The molecule has 1 fully saturated rings. The Morgan fingerprint density at radius 3 is 2.61 bits per heavy atom. The van der Waals surface area contributed by atoms with Gasteiger partial charge in [0.15, 0.2) is 11.6 Å². The van der Waals surface area contributed by atoms with Gasteiger partial charge in [0.25, 0.3) is 5.56 Å². The van der Waals surface area contributed by atoms with E-state index < -0.39 is 17.0 Å². The van der Waals surface area contributed by atoms with Crippen molar-refractivity contribution in [2.75, 3.05) is 0 Å². The minimum absolute atomic E-state index is 0.0839. The third-order valence-electron chi connectivity index (χ3n) is 6.59. The van der Waals surface area contributed by atoms with Gasteiger partial charge in [-0.3, -0.25) is 4.79 Å². The molecule has 4 rings (SSSR count). The number of ether oxygens (including phenoxy) is 1. The predicted octanol–water partition coefficient (Wildman–Crippen LogP) is 5.46. The van der Waals surface area contributed by atoms with Gasteiger partial charge in [0, 0.05) is 23.0 Å². The van der Waals surface area contributed by atoms with E-state index in [1.807, 2.05) is 6.92 Å². The molecule has 0 aliphatic heterocycles. The van der Waals surface area contributed by atoms with E-state index in [9.17, 15) is 13.6 Å². The maximum Gasteiger partial charge on any atom is 0.255 e. The maximum absolute atomic E-state index is 14.0. The van der Waals surface area contributed by atoms with Crippen LogP contribution in [0.15, 0.2) is 47.4 Å². The summed E-state index contributed by atoms with van der Waals surface area (Å²) in [6.45, 7) is 2.01. The van der Waals surface area contributed by atoms with Crippen molar-refractivity contribution >= 4 is 22.4 Å². The summed E-state index contributed by atoms with van der Waals surface area (Å²) in [4.78, 5) is 14.6. The zero-order valence-electron chi connectivity index (χ0n) is 17.3. The van der Waals surface area contributed by atoms with E-state index in [-0.39, 0.29) is 17.7 Å². The number of aromatic nitrogens is 1. The summed E-state index contributed by atoms with van der Waals surface area (Å²) in [6, 6.07) is 9.13. The monoisotopic (exact) mass is 446 g/mol. The Kier molecular flexibility index (Phi) is 6.04. The summed E-state index contributed by atoms with van der Waals surface area (Å²) in [7, 11) is 0. The first-order chi connectivity index (χ1) is 14.8. The van der Waals surface area contributed by atoms with E-state index in [1.165, 1.54) is 12.1 Å². The largest absolute Gasteiger partial charge is 0.489 e. The highest BCUT2D eigenvalue weighted by molar-refractivity contribution is 6.32. The number of aromatic amines is 1. The first-order valence-electron chi connectivity index (χ1n) is 10.5. The molecule has 3 aromatic rings. The van der Waals surface area contributed by atoms with E-state index in [4.69, 9.17) is 22.1 Å². The van der Waals surface area contributed by atoms with Gasteiger partial charge in [-0.2, -0.15) is 0 Å². The second kappa shape index (κ2) is 8.60. The topological polar surface area (TPSA) is 68.1 Å². The molecular formula is C24H25ClF2N2O2. The van der Waals surface area contributed by atoms with Gasteiger partial charge < -0.3 is 15.5 Å². The second-order valence-corrected chi connectivity index (χ2v) is 8.70. The summed E-state index contributed by atoms with van der Waals surface area (Å²) < 4.78 is 33.6. The molecule has 0 amide bonds. The Hall–Kier alpha value is -2.44. The van der Waals surface area contributed by atoms with Crippen LogP contribution in [0.4, 0.5) is 8.78 Å². The number of H-pyrrole nitrogens is 1. The molecule has 3 N–H and O–H groups in total. The average molecular weight is 447 g/mol. The summed E-state index contributed by atoms with van der Waals surface area (Å²) in [5.41, 5.74) is 6.60. The van der Waals surface area contributed by atoms with Crippen LogP contribution >= 0.6 is 11.6 Å². The van der Waals surface area contributed by atoms with Crippen LogP contribution in [0.1, 0.15) is 44.6 Å². The quantitative estimate of drug-likeness (QED) is 0.547. The van der Waals surface area contributed by atoms with Crippen molar-refractivity contribution in [3.63, 3.8) is 0 Å². The molecule has 0 bridgehead atoms. The minimum Gasteiger partial charge on any atom is -0.489 e. The number of fused-ring (bicyclic) bond motifs is 1. The fourth-order valence-corrected chi connectivity index (χ4v) is 4.96. The van der Waals surface area contributed by atoms with Crippen molar-refractivity contribution in [3.05, 3.63) is 75.2 Å². The molecular weight excluding hydrogens is 422 g/mol. The standard InChI is InChI=1S/C24H25ClF2N2O2/c1-2-22(28)24(15-3-4-19(26)20(27)12-15)8-5-16(6-9-24)31-21-11-14-7-10-29-23(30)17(14)13-18(21)25/h3-4,7,10-13,16,22H,2,5-6,8-9,28H2,1H3,(H,29,30). The van der Waals surface area contributed by atoms with Gasteiger partial charge in [-0.25, -0.2) is 8.78 Å². The number of nitrogens with two attached hydrogens (primary N) is 1. The Labute approximate surface area is 184 Å². The molecule has 0 saturated heterocycles. The first kappa shape index (κ1) is 21.8. The van der Waals surface area contributed by atoms with Gasteiger partial charge in [-0.1, -0.05) is 24.6 Å². The van der Waals surface area contributed by atoms with E-state index in [2.05, 4.69) is 4.98 Å². The SMILES string of the molecule is CCC(N)C1(c2ccc(F)c(F)c2)CCC(Oc2cc3cc[nH]c(=O)c3cc2Cl)CC1. The molecule has 1 aromatic heterocycles. The van der Waals surface area contributed by atoms with Crippen molar-refractivity contribution in [1.82, 2.24) is 4.98 Å². The molecule has 0 spiro atoms. The Morgan fingerprint density at radius 2 is 1.94 bits per heavy atom. The second-order valence-electron chi connectivity index (χ2n) is 8.29. The lowest BCUT2D eigenvalue weighted by Crippen LogP contribution is -2.49. The van der Waals surface area contributed by atoms with Crippen molar-refractivity contribution in [1.29, 1.82) is 0 Å². The van der Waals surface area contributed by atoms with E-state index in [0.29, 0.717) is 41.8 Å². The molecule has 31 heavy (non-hydrogen) atoms. The molecule has 1 heterocycles. The summed E-state index contributed by atoms with van der Waals surface area (Å²) in [5.74, 6) is -1.17. The van der Waals surface area contributed by atoms with Crippen LogP contribution in [0, 0.1) is 11.6 Å². The van der Waals surface area contributed by atoms with Crippen molar-refractivity contribution in [3.8, 4) is 5.75 Å². The highest BCUT2D eigenvalue weighted by atomic mass is 35.5. The number of benzene rings is 2. The maximum atomic E-state index is 14.0. The number of rotatable bonds is 5. The number of nitrogens with one attached hydrogen (secondary N) is 1. The summed E-state index contributed by atoms with van der Waals surface area (Å²) in [5, 5.41) is 1.64. The molecule has 1 saturated carbocycles. The van der Waals surface area contributed by atoms with E-state index in [1.54, 1.807) is 30.5 Å². The van der Waals surface area contributed by atoms with Crippen LogP contribution in [0.2, 0.25) is 5.02 Å². The molecule has 7 heteroatoms. The highest BCUT2D eigenvalue weighted by Gasteiger charge is 2.42. The van der Waals surface area contributed by atoms with E-state index >= 15 is 0 Å². The predicted molar refractivity (Wildman–Crippen MR) is 119 cm³/mol. The number of hydrogen-bond acceptors (Lipinski definition) is 3. The third-order valence-corrected chi connectivity index (χ3v) is 6.88. The first-order valence-corrected chi connectivity index (χ1v) is 10.9. The normalized spacial score (nSPS) is 22.4. The molecule has 4 nitrogen and oxygen atoms in total. The molecule has 164 valence electrons. The fraction of sp³-hybridized carbons (Fsp3) is 0.375. The molecule has 0 radical (unpaired) electrons. The summed E-state index contributed by atoms with van der Waals surface area (Å²) in [6.07, 6.45) is 5.04. The highest BCUT2D eigenvalue weighted by Crippen LogP contribution is 2.44. The molecule has 1 unspecified atom stereocenters. The van der Waals surface area contributed by atoms with Gasteiger partial charge in [0.05, 0.1) is 11.1 Å². The number of pyridine rings is 1. The fourth-order valence-electron chi connectivity index (χ4n) is 4.75. The van der Waals surface area contributed by atoms with Crippen LogP contribution in [-0.2, 0) is 5.41 Å². The van der Waals surface area contributed by atoms with Crippen molar-refractivity contribution in [2.45, 2.75) is 56.6 Å². The lowest BCUT2D eigenvalue weighted by atomic mass is 9.64. The van der Waals surface area contributed by atoms with Crippen molar-refractivity contribution in [2.24, 2.45) is 5.73 Å². The number of hydrogen-bond donors (Lipinski definition) is 2. The van der Waals surface area contributed by atoms with Crippen LogP contribution in [0.3, 0.4) is 0 Å². The number of halogens is 3. The Morgan fingerprint density at radius 1 is 1.19 bits per heavy atom.